The summed E-state index contributed by atoms with van der Waals surface area (Å²) in [7, 11) is 0. The second-order valence-corrected chi connectivity index (χ2v) is 2.98. The molecule has 1 heterocycles. The van der Waals surface area contributed by atoms with E-state index in [1.165, 1.54) is 0 Å². The van der Waals surface area contributed by atoms with Crippen molar-refractivity contribution < 1.29 is 9.47 Å². The molecule has 64 valence electrons. The van der Waals surface area contributed by atoms with E-state index in [2.05, 4.69) is 4.99 Å². The molecular weight excluding hydrogens is 142 g/mol. The summed E-state index contributed by atoms with van der Waals surface area (Å²) in [6, 6.07) is 0. The van der Waals surface area contributed by atoms with Gasteiger partial charge in [0.15, 0.2) is 5.90 Å². The number of rotatable bonds is 3. The minimum absolute atomic E-state index is 0.221. The fraction of sp³-hybridized carbons (Fsp3) is 0.875. The lowest BCUT2D eigenvalue weighted by Crippen LogP contribution is -2.09. The molecule has 0 radical (unpaired) electrons. The first-order valence-corrected chi connectivity index (χ1v) is 3.98. The summed E-state index contributed by atoms with van der Waals surface area (Å²) in [6.45, 7) is 7.47. The number of hydrogen-bond donors (Lipinski definition) is 0. The van der Waals surface area contributed by atoms with Crippen LogP contribution in [0.2, 0.25) is 0 Å². The Bertz CT molecular complexity index is 150. The first kappa shape index (κ1) is 8.53. The Balaban J connectivity index is 2.14. The summed E-state index contributed by atoms with van der Waals surface area (Å²) in [6.07, 6.45) is 0.583. The Kier molecular flexibility index (Phi) is 2.88. The lowest BCUT2D eigenvalue weighted by Gasteiger charge is -2.07. The summed E-state index contributed by atoms with van der Waals surface area (Å²) in [5.41, 5.74) is 0. The molecule has 1 aliphatic rings. The molecule has 0 aliphatic carbocycles. The number of epoxide rings is 1. The van der Waals surface area contributed by atoms with Gasteiger partial charge in [-0.3, -0.25) is 4.99 Å². The quantitative estimate of drug-likeness (QED) is 0.351. The van der Waals surface area contributed by atoms with Crippen LogP contribution in [0.5, 0.6) is 0 Å². The molecule has 3 heteroatoms. The molecule has 0 amide bonds. The van der Waals surface area contributed by atoms with Gasteiger partial charge in [0.1, 0.15) is 6.10 Å². The second-order valence-electron chi connectivity index (χ2n) is 2.98. The lowest BCUT2D eigenvalue weighted by atomic mass is 10.5. The van der Waals surface area contributed by atoms with E-state index < -0.39 is 0 Å². The summed E-state index contributed by atoms with van der Waals surface area (Å²) in [4.78, 5) is 4.20. The van der Waals surface area contributed by atoms with Crippen LogP contribution in [-0.4, -0.2) is 31.3 Å². The lowest BCUT2D eigenvalue weighted by molar-refractivity contribution is 0.225. The highest BCUT2D eigenvalue weighted by atomic mass is 16.6. The molecule has 3 nitrogen and oxygen atoms in total. The van der Waals surface area contributed by atoms with Gasteiger partial charge in [0.05, 0.1) is 19.3 Å². The zero-order valence-corrected chi connectivity index (χ0v) is 7.33. The molecular formula is C8H15NO2. The molecule has 11 heavy (non-hydrogen) atoms. The fourth-order valence-electron chi connectivity index (χ4n) is 0.782. The van der Waals surface area contributed by atoms with Crippen molar-refractivity contribution >= 4 is 5.90 Å². The zero-order valence-electron chi connectivity index (χ0n) is 7.33. The standard InChI is InChI=1S/C8H15NO2/c1-6(2)11-7(3)9-4-8-5-10-8/h6,8H,4-5H2,1-3H3/t8-/m0/s1. The second kappa shape index (κ2) is 3.72. The monoisotopic (exact) mass is 157 g/mol. The van der Waals surface area contributed by atoms with Crippen LogP contribution in [0.1, 0.15) is 20.8 Å². The zero-order chi connectivity index (χ0) is 8.27. The maximum Gasteiger partial charge on any atom is 0.180 e. The number of aliphatic imine (C=N–C) groups is 1. The summed E-state index contributed by atoms with van der Waals surface area (Å²) >= 11 is 0. The SMILES string of the molecule is CC(=NC[C@H]1CO1)OC(C)C. The summed E-state index contributed by atoms with van der Waals surface area (Å²) in [5, 5.41) is 0. The largest absolute Gasteiger partial charge is 0.479 e. The maximum absolute atomic E-state index is 5.32. The van der Waals surface area contributed by atoms with Gasteiger partial charge in [0.2, 0.25) is 0 Å². The van der Waals surface area contributed by atoms with Crippen molar-refractivity contribution in [2.45, 2.75) is 33.0 Å². The Hall–Kier alpha value is -0.570. The van der Waals surface area contributed by atoms with Crippen LogP contribution < -0.4 is 0 Å². The predicted octanol–water partition coefficient (Wildman–Crippen LogP) is 1.23. The summed E-state index contributed by atoms with van der Waals surface area (Å²) in [5.74, 6) is 0.760. The topological polar surface area (TPSA) is 34.1 Å². The molecule has 1 atom stereocenters. The van der Waals surface area contributed by atoms with Gasteiger partial charge in [-0.15, -0.1) is 0 Å². The van der Waals surface area contributed by atoms with Gasteiger partial charge in [-0.1, -0.05) is 0 Å². The van der Waals surface area contributed by atoms with Gasteiger partial charge >= 0.3 is 0 Å². The molecule has 1 saturated heterocycles. The van der Waals surface area contributed by atoms with Crippen LogP contribution in [0.15, 0.2) is 4.99 Å². The Morgan fingerprint density at radius 2 is 2.36 bits per heavy atom. The van der Waals surface area contributed by atoms with E-state index in [0.29, 0.717) is 6.10 Å². The third-order valence-electron chi connectivity index (χ3n) is 1.33. The molecule has 1 fully saturated rings. The van der Waals surface area contributed by atoms with E-state index in [-0.39, 0.29) is 6.10 Å². The first-order chi connectivity index (χ1) is 5.18. The van der Waals surface area contributed by atoms with Gasteiger partial charge in [0, 0.05) is 6.92 Å². The molecule has 0 aromatic rings. The van der Waals surface area contributed by atoms with Crippen LogP contribution in [0.4, 0.5) is 0 Å². The fourth-order valence-corrected chi connectivity index (χ4v) is 0.782. The van der Waals surface area contributed by atoms with Crippen LogP contribution in [0.3, 0.4) is 0 Å². The van der Waals surface area contributed by atoms with E-state index in [1.807, 2.05) is 20.8 Å². The van der Waals surface area contributed by atoms with Gasteiger partial charge in [0.25, 0.3) is 0 Å². The van der Waals surface area contributed by atoms with Gasteiger partial charge in [-0.05, 0) is 13.8 Å². The smallest absolute Gasteiger partial charge is 0.180 e. The Morgan fingerprint density at radius 1 is 1.73 bits per heavy atom. The Labute approximate surface area is 67.4 Å². The number of nitrogens with zero attached hydrogens (tertiary/aromatic N) is 1. The van der Waals surface area contributed by atoms with Crippen LogP contribution >= 0.6 is 0 Å². The first-order valence-electron chi connectivity index (χ1n) is 3.98. The van der Waals surface area contributed by atoms with Crippen LogP contribution in [0.25, 0.3) is 0 Å². The third-order valence-corrected chi connectivity index (χ3v) is 1.33. The van der Waals surface area contributed by atoms with Gasteiger partial charge in [-0.2, -0.15) is 0 Å². The average molecular weight is 157 g/mol. The Morgan fingerprint density at radius 3 is 2.82 bits per heavy atom. The molecule has 1 aliphatic heterocycles. The van der Waals surface area contributed by atoms with Crippen molar-refractivity contribution in [3.63, 3.8) is 0 Å². The number of ether oxygens (including phenoxy) is 2. The van der Waals surface area contributed by atoms with Crippen molar-refractivity contribution in [1.82, 2.24) is 0 Å². The predicted molar refractivity (Wildman–Crippen MR) is 43.9 cm³/mol. The molecule has 0 bridgehead atoms. The highest BCUT2D eigenvalue weighted by Crippen LogP contribution is 2.08. The van der Waals surface area contributed by atoms with Gasteiger partial charge < -0.3 is 9.47 Å². The van der Waals surface area contributed by atoms with E-state index >= 15 is 0 Å². The normalized spacial score (nSPS) is 24.0. The van der Waals surface area contributed by atoms with Crippen molar-refractivity contribution in [2.75, 3.05) is 13.2 Å². The molecule has 1 rings (SSSR count). The number of hydrogen-bond acceptors (Lipinski definition) is 3. The minimum atomic E-state index is 0.221. The van der Waals surface area contributed by atoms with E-state index in [1.54, 1.807) is 0 Å². The maximum atomic E-state index is 5.32. The molecule has 0 N–H and O–H groups in total. The van der Waals surface area contributed by atoms with Crippen LogP contribution in [-0.2, 0) is 9.47 Å². The molecule has 0 aromatic carbocycles. The van der Waals surface area contributed by atoms with E-state index in [0.717, 1.165) is 19.0 Å². The molecule has 0 aromatic heterocycles. The van der Waals surface area contributed by atoms with Crippen molar-refractivity contribution in [3.05, 3.63) is 0 Å². The average Bonchev–Trinajstić information content (AvgIpc) is 2.63. The minimum Gasteiger partial charge on any atom is -0.479 e. The van der Waals surface area contributed by atoms with E-state index in [9.17, 15) is 0 Å². The third kappa shape index (κ3) is 3.98. The molecule has 0 spiro atoms. The highest BCUT2D eigenvalue weighted by molar-refractivity contribution is 5.73. The van der Waals surface area contributed by atoms with E-state index in [4.69, 9.17) is 9.47 Å². The van der Waals surface area contributed by atoms with Crippen molar-refractivity contribution in [1.29, 1.82) is 0 Å². The van der Waals surface area contributed by atoms with Gasteiger partial charge in [-0.25, -0.2) is 0 Å². The van der Waals surface area contributed by atoms with Crippen molar-refractivity contribution in [3.8, 4) is 0 Å². The van der Waals surface area contributed by atoms with Crippen molar-refractivity contribution in [2.24, 2.45) is 4.99 Å². The molecule has 0 unspecified atom stereocenters. The summed E-state index contributed by atoms with van der Waals surface area (Å²) < 4.78 is 10.3. The van der Waals surface area contributed by atoms with Crippen LogP contribution in [0, 0.1) is 0 Å². The molecule has 0 saturated carbocycles. The highest BCUT2D eigenvalue weighted by Gasteiger charge is 2.21.